The van der Waals surface area contributed by atoms with Gasteiger partial charge in [-0.05, 0) is 55.0 Å². The number of amides is 2. The first-order valence-corrected chi connectivity index (χ1v) is 9.21. The zero-order valence-electron chi connectivity index (χ0n) is 15.8. The van der Waals surface area contributed by atoms with Crippen LogP contribution in [0.5, 0.6) is 17.2 Å². The van der Waals surface area contributed by atoms with E-state index in [2.05, 4.69) is 16.7 Å². The van der Waals surface area contributed by atoms with Crippen molar-refractivity contribution in [3.05, 3.63) is 47.5 Å². The van der Waals surface area contributed by atoms with E-state index in [4.69, 9.17) is 14.2 Å². The molecule has 0 bridgehead atoms. The highest BCUT2D eigenvalue weighted by Crippen LogP contribution is 2.30. The fraction of sp³-hybridized carbons (Fsp3) is 0.381. The van der Waals surface area contributed by atoms with Crippen molar-refractivity contribution < 1.29 is 19.0 Å². The molecule has 1 aliphatic carbocycles. The summed E-state index contributed by atoms with van der Waals surface area (Å²) in [5.74, 6) is 2.14. The van der Waals surface area contributed by atoms with E-state index in [1.165, 1.54) is 24.0 Å². The van der Waals surface area contributed by atoms with E-state index in [0.29, 0.717) is 30.3 Å². The molecular weight excluding hydrogens is 344 g/mol. The molecule has 3 rings (SSSR count). The van der Waals surface area contributed by atoms with Gasteiger partial charge in [-0.25, -0.2) is 4.79 Å². The lowest BCUT2D eigenvalue weighted by atomic mass is 9.91. The number of benzene rings is 2. The summed E-state index contributed by atoms with van der Waals surface area (Å²) < 4.78 is 16.3. The summed E-state index contributed by atoms with van der Waals surface area (Å²) in [7, 11) is 3.13. The van der Waals surface area contributed by atoms with Crippen LogP contribution in [0.1, 0.15) is 24.0 Å². The van der Waals surface area contributed by atoms with E-state index in [-0.39, 0.29) is 6.03 Å². The van der Waals surface area contributed by atoms with E-state index in [9.17, 15) is 4.79 Å². The average molecular weight is 370 g/mol. The Balaban J connectivity index is 1.49. The number of carbonyl (C=O) groups is 1. The van der Waals surface area contributed by atoms with Crippen molar-refractivity contribution in [1.82, 2.24) is 5.32 Å². The van der Waals surface area contributed by atoms with Gasteiger partial charge in [0.05, 0.1) is 26.5 Å². The normalized spacial score (nSPS) is 12.7. The van der Waals surface area contributed by atoms with Gasteiger partial charge < -0.3 is 24.8 Å². The highest BCUT2D eigenvalue weighted by Gasteiger charge is 2.14. The molecule has 0 saturated carbocycles. The van der Waals surface area contributed by atoms with Crippen molar-refractivity contribution >= 4 is 11.7 Å². The SMILES string of the molecule is COc1ccc(OC)c(NC(=O)NCCOc2cccc3c2CCCC3)c1. The topological polar surface area (TPSA) is 68.8 Å². The highest BCUT2D eigenvalue weighted by molar-refractivity contribution is 5.91. The Bertz CT molecular complexity index is 792. The van der Waals surface area contributed by atoms with Crippen LogP contribution >= 0.6 is 0 Å². The molecule has 1 aliphatic rings. The molecule has 27 heavy (non-hydrogen) atoms. The van der Waals surface area contributed by atoms with E-state index in [1.807, 2.05) is 12.1 Å². The Morgan fingerprint density at radius 2 is 1.89 bits per heavy atom. The van der Waals surface area contributed by atoms with Crippen molar-refractivity contribution in [1.29, 1.82) is 0 Å². The van der Waals surface area contributed by atoms with Gasteiger partial charge in [0, 0.05) is 6.07 Å². The number of carbonyl (C=O) groups excluding carboxylic acids is 1. The fourth-order valence-corrected chi connectivity index (χ4v) is 3.29. The molecule has 6 heteroatoms. The van der Waals surface area contributed by atoms with E-state index >= 15 is 0 Å². The minimum Gasteiger partial charge on any atom is -0.497 e. The maximum Gasteiger partial charge on any atom is 0.319 e. The number of aryl methyl sites for hydroxylation is 1. The van der Waals surface area contributed by atoms with Crippen molar-refractivity contribution in [2.24, 2.45) is 0 Å². The zero-order valence-corrected chi connectivity index (χ0v) is 15.8. The standard InChI is InChI=1S/C21H26N2O4/c1-25-16-10-11-20(26-2)18(14-16)23-21(24)22-12-13-27-19-9-5-7-15-6-3-4-8-17(15)19/h5,7,9-11,14H,3-4,6,8,12-13H2,1-2H3,(H2,22,23,24). The lowest BCUT2D eigenvalue weighted by molar-refractivity contribution is 0.247. The van der Waals surface area contributed by atoms with Gasteiger partial charge in [-0.1, -0.05) is 12.1 Å². The molecule has 6 nitrogen and oxygen atoms in total. The third-order valence-electron chi connectivity index (χ3n) is 4.65. The molecule has 0 radical (unpaired) electrons. The predicted molar refractivity (Wildman–Crippen MR) is 105 cm³/mol. The smallest absolute Gasteiger partial charge is 0.319 e. The Kier molecular flexibility index (Phi) is 6.41. The van der Waals surface area contributed by atoms with Crippen LogP contribution in [-0.4, -0.2) is 33.4 Å². The third kappa shape index (κ3) is 4.84. The molecule has 0 unspecified atom stereocenters. The van der Waals surface area contributed by atoms with Crippen LogP contribution in [-0.2, 0) is 12.8 Å². The molecule has 0 saturated heterocycles. The van der Waals surface area contributed by atoms with Crippen LogP contribution < -0.4 is 24.8 Å². The maximum absolute atomic E-state index is 12.2. The van der Waals surface area contributed by atoms with Gasteiger partial charge in [0.1, 0.15) is 23.9 Å². The molecule has 0 fully saturated rings. The summed E-state index contributed by atoms with van der Waals surface area (Å²) in [6.07, 6.45) is 4.63. The van der Waals surface area contributed by atoms with Crippen LogP contribution in [0.25, 0.3) is 0 Å². The molecule has 0 aliphatic heterocycles. The van der Waals surface area contributed by atoms with Crippen LogP contribution in [0.2, 0.25) is 0 Å². The van der Waals surface area contributed by atoms with Crippen LogP contribution in [0.4, 0.5) is 10.5 Å². The second kappa shape index (κ2) is 9.16. The minimum absolute atomic E-state index is 0.319. The van der Waals surface area contributed by atoms with Crippen molar-refractivity contribution in [2.75, 3.05) is 32.7 Å². The number of hydrogen-bond donors (Lipinski definition) is 2. The van der Waals surface area contributed by atoms with Gasteiger partial charge in [-0.3, -0.25) is 0 Å². The highest BCUT2D eigenvalue weighted by atomic mass is 16.5. The van der Waals surface area contributed by atoms with Crippen molar-refractivity contribution in [2.45, 2.75) is 25.7 Å². The quantitative estimate of drug-likeness (QED) is 0.728. The molecule has 0 aromatic heterocycles. The monoisotopic (exact) mass is 370 g/mol. The van der Waals surface area contributed by atoms with Crippen LogP contribution in [0.15, 0.2) is 36.4 Å². The molecule has 2 aromatic carbocycles. The second-order valence-corrected chi connectivity index (χ2v) is 6.40. The van der Waals surface area contributed by atoms with Crippen LogP contribution in [0, 0.1) is 0 Å². The summed E-state index contributed by atoms with van der Waals surface area (Å²) >= 11 is 0. The predicted octanol–water partition coefficient (Wildman–Crippen LogP) is 3.78. The Morgan fingerprint density at radius 1 is 1.04 bits per heavy atom. The van der Waals surface area contributed by atoms with Gasteiger partial charge in [0.25, 0.3) is 0 Å². The molecule has 2 N–H and O–H groups in total. The van der Waals surface area contributed by atoms with Gasteiger partial charge in [-0.15, -0.1) is 0 Å². The first-order valence-electron chi connectivity index (χ1n) is 9.21. The lowest BCUT2D eigenvalue weighted by Gasteiger charge is -2.19. The largest absolute Gasteiger partial charge is 0.497 e. The number of rotatable bonds is 7. The van der Waals surface area contributed by atoms with Gasteiger partial charge in [-0.2, -0.15) is 0 Å². The van der Waals surface area contributed by atoms with Crippen molar-refractivity contribution in [3.63, 3.8) is 0 Å². The number of urea groups is 1. The van der Waals surface area contributed by atoms with Gasteiger partial charge in [0.15, 0.2) is 0 Å². The molecule has 0 atom stereocenters. The summed E-state index contributed by atoms with van der Waals surface area (Å²) in [6, 6.07) is 11.1. The molecule has 0 heterocycles. The summed E-state index contributed by atoms with van der Waals surface area (Å²) in [5.41, 5.74) is 3.25. The third-order valence-corrected chi connectivity index (χ3v) is 4.65. The second-order valence-electron chi connectivity index (χ2n) is 6.40. The lowest BCUT2D eigenvalue weighted by Crippen LogP contribution is -2.32. The fourth-order valence-electron chi connectivity index (χ4n) is 3.29. The van der Waals surface area contributed by atoms with E-state index < -0.39 is 0 Å². The average Bonchev–Trinajstić information content (AvgIpc) is 2.71. The molecule has 0 spiro atoms. The molecule has 2 amide bonds. The van der Waals surface area contributed by atoms with Crippen LogP contribution in [0.3, 0.4) is 0 Å². The zero-order chi connectivity index (χ0) is 19.1. The van der Waals surface area contributed by atoms with Crippen molar-refractivity contribution in [3.8, 4) is 17.2 Å². The Hall–Kier alpha value is -2.89. The number of ether oxygens (including phenoxy) is 3. The summed E-state index contributed by atoms with van der Waals surface area (Å²) in [5, 5.41) is 5.57. The minimum atomic E-state index is -0.319. The van der Waals surface area contributed by atoms with Gasteiger partial charge in [0.2, 0.25) is 0 Å². The van der Waals surface area contributed by atoms with E-state index in [1.54, 1.807) is 32.4 Å². The van der Waals surface area contributed by atoms with E-state index in [0.717, 1.165) is 18.6 Å². The first-order chi connectivity index (χ1) is 13.2. The number of fused-ring (bicyclic) bond motifs is 1. The molecule has 2 aromatic rings. The van der Waals surface area contributed by atoms with Gasteiger partial charge >= 0.3 is 6.03 Å². The maximum atomic E-state index is 12.2. The Morgan fingerprint density at radius 3 is 2.70 bits per heavy atom. The number of anilines is 1. The summed E-state index contributed by atoms with van der Waals surface area (Å²) in [4.78, 5) is 12.2. The molecule has 144 valence electrons. The first kappa shape index (κ1) is 18.9. The Labute approximate surface area is 159 Å². The number of nitrogens with one attached hydrogen (secondary N) is 2. The molecular formula is C21H26N2O4. The number of hydrogen-bond acceptors (Lipinski definition) is 4. The number of methoxy groups -OCH3 is 2. The summed E-state index contributed by atoms with van der Waals surface area (Å²) in [6.45, 7) is 0.820.